The van der Waals surface area contributed by atoms with Gasteiger partial charge in [-0.15, -0.1) is 0 Å². The fourth-order valence-corrected chi connectivity index (χ4v) is 5.36. The van der Waals surface area contributed by atoms with Crippen LogP contribution >= 0.6 is 11.8 Å². The Balaban J connectivity index is 1.45. The third-order valence-corrected chi connectivity index (χ3v) is 7.08. The molecule has 0 radical (unpaired) electrons. The third kappa shape index (κ3) is 6.44. The van der Waals surface area contributed by atoms with E-state index in [-0.39, 0.29) is 5.37 Å². The van der Waals surface area contributed by atoms with Crippen LogP contribution in [-0.2, 0) is 6.42 Å². The average molecular weight is 412 g/mol. The molecular formula is C26H37NOS. The Hall–Kier alpha value is -1.61. The minimum atomic E-state index is 0.0961. The van der Waals surface area contributed by atoms with Crippen molar-refractivity contribution in [2.24, 2.45) is 0 Å². The number of anilines is 1. The SMILES string of the molecule is CCCCCCCCCCCCc1cc(C)cc([C@H]2Nc3ccccc3S2)c1O. The molecule has 2 N–H and O–H groups in total. The zero-order valence-electron chi connectivity index (χ0n) is 18.2. The van der Waals surface area contributed by atoms with E-state index in [2.05, 4.69) is 55.6 Å². The number of fused-ring (bicyclic) bond motifs is 1. The van der Waals surface area contributed by atoms with Gasteiger partial charge in [0.1, 0.15) is 11.1 Å². The second kappa shape index (κ2) is 11.5. The number of hydrogen-bond donors (Lipinski definition) is 2. The number of aromatic hydroxyl groups is 1. The molecule has 158 valence electrons. The number of hydrogen-bond acceptors (Lipinski definition) is 3. The van der Waals surface area contributed by atoms with Gasteiger partial charge in [0.05, 0.1) is 0 Å². The quantitative estimate of drug-likeness (QED) is 0.344. The molecule has 0 fully saturated rings. The van der Waals surface area contributed by atoms with Crippen LogP contribution in [0.25, 0.3) is 0 Å². The molecule has 0 aliphatic carbocycles. The Morgan fingerprint density at radius 3 is 2.24 bits per heavy atom. The van der Waals surface area contributed by atoms with Gasteiger partial charge in [-0.05, 0) is 43.5 Å². The highest BCUT2D eigenvalue weighted by Gasteiger charge is 2.25. The molecule has 0 saturated carbocycles. The summed E-state index contributed by atoms with van der Waals surface area (Å²) in [6.45, 7) is 4.41. The van der Waals surface area contributed by atoms with Crippen LogP contribution in [0.1, 0.15) is 93.2 Å². The van der Waals surface area contributed by atoms with E-state index in [0.717, 1.165) is 24.0 Å². The van der Waals surface area contributed by atoms with E-state index in [1.54, 1.807) is 11.8 Å². The molecule has 1 atom stereocenters. The molecule has 0 saturated heterocycles. The molecule has 3 heteroatoms. The van der Waals surface area contributed by atoms with Crippen LogP contribution in [-0.4, -0.2) is 5.11 Å². The predicted molar refractivity (Wildman–Crippen MR) is 127 cm³/mol. The maximum atomic E-state index is 10.9. The first-order valence-corrected chi connectivity index (χ1v) is 12.4. The van der Waals surface area contributed by atoms with Gasteiger partial charge in [0.25, 0.3) is 0 Å². The molecule has 0 spiro atoms. The normalized spacial score (nSPS) is 15.3. The van der Waals surface area contributed by atoms with E-state index in [0.29, 0.717) is 5.75 Å². The molecule has 29 heavy (non-hydrogen) atoms. The Bertz CT molecular complexity index is 748. The second-order valence-corrected chi connectivity index (χ2v) is 9.58. The number of phenolic OH excluding ortho intramolecular Hbond substituents is 1. The van der Waals surface area contributed by atoms with Crippen molar-refractivity contribution in [1.82, 2.24) is 0 Å². The van der Waals surface area contributed by atoms with Gasteiger partial charge >= 0.3 is 0 Å². The zero-order chi connectivity index (χ0) is 20.5. The fourth-order valence-electron chi connectivity index (χ4n) is 4.20. The lowest BCUT2D eigenvalue weighted by Gasteiger charge is -2.17. The van der Waals surface area contributed by atoms with Gasteiger partial charge in [0, 0.05) is 16.1 Å². The number of rotatable bonds is 12. The maximum absolute atomic E-state index is 10.9. The average Bonchev–Trinajstić information content (AvgIpc) is 3.15. The minimum Gasteiger partial charge on any atom is -0.507 e. The van der Waals surface area contributed by atoms with Crippen molar-refractivity contribution >= 4 is 17.4 Å². The first kappa shape index (κ1) is 22.1. The summed E-state index contributed by atoms with van der Waals surface area (Å²) < 4.78 is 0. The molecule has 2 aromatic carbocycles. The summed E-state index contributed by atoms with van der Waals surface area (Å²) >= 11 is 1.79. The van der Waals surface area contributed by atoms with Crippen molar-refractivity contribution in [3.8, 4) is 5.75 Å². The van der Waals surface area contributed by atoms with Gasteiger partial charge < -0.3 is 10.4 Å². The number of thioether (sulfide) groups is 1. The van der Waals surface area contributed by atoms with E-state index in [9.17, 15) is 5.11 Å². The summed E-state index contributed by atoms with van der Waals surface area (Å²) in [7, 11) is 0. The number of phenols is 1. The summed E-state index contributed by atoms with van der Waals surface area (Å²) in [5.74, 6) is 0.490. The number of unbranched alkanes of at least 4 members (excludes halogenated alkanes) is 9. The highest BCUT2D eigenvalue weighted by Crippen LogP contribution is 2.49. The number of nitrogens with one attached hydrogen (secondary N) is 1. The highest BCUT2D eigenvalue weighted by molar-refractivity contribution is 8.00. The molecule has 1 aliphatic rings. The Morgan fingerprint density at radius 2 is 1.55 bits per heavy atom. The van der Waals surface area contributed by atoms with Crippen molar-refractivity contribution in [2.45, 2.75) is 94.7 Å². The van der Waals surface area contributed by atoms with E-state index in [1.807, 2.05) is 0 Å². The van der Waals surface area contributed by atoms with Crippen molar-refractivity contribution in [2.75, 3.05) is 5.32 Å². The molecule has 2 aromatic rings. The monoisotopic (exact) mass is 411 g/mol. The predicted octanol–water partition coefficient (Wildman–Crippen LogP) is 8.38. The van der Waals surface area contributed by atoms with E-state index in [1.165, 1.54) is 73.9 Å². The maximum Gasteiger partial charge on any atom is 0.124 e. The standard InChI is InChI=1S/C26H37NOS/c1-3-4-5-6-7-8-9-10-11-12-15-21-18-20(2)19-22(25(21)28)26-27-23-16-13-14-17-24(23)29-26/h13-14,16-19,26-28H,3-12,15H2,1-2H3/t26-/m0/s1. The topological polar surface area (TPSA) is 32.3 Å². The molecule has 0 aromatic heterocycles. The minimum absolute atomic E-state index is 0.0961. The molecule has 0 amide bonds. The van der Waals surface area contributed by atoms with Crippen LogP contribution in [0.2, 0.25) is 0 Å². The fraction of sp³-hybridized carbons (Fsp3) is 0.538. The molecular weight excluding hydrogens is 374 g/mol. The molecule has 1 heterocycles. The van der Waals surface area contributed by atoms with Gasteiger partial charge in [-0.1, -0.05) is 100 Å². The van der Waals surface area contributed by atoms with Crippen LogP contribution < -0.4 is 5.32 Å². The van der Waals surface area contributed by atoms with Gasteiger partial charge in [-0.2, -0.15) is 0 Å². The van der Waals surface area contributed by atoms with E-state index < -0.39 is 0 Å². The van der Waals surface area contributed by atoms with Crippen LogP contribution in [0.5, 0.6) is 5.75 Å². The number of benzene rings is 2. The highest BCUT2D eigenvalue weighted by atomic mass is 32.2. The van der Waals surface area contributed by atoms with Gasteiger partial charge in [-0.25, -0.2) is 0 Å². The molecule has 0 unspecified atom stereocenters. The summed E-state index contributed by atoms with van der Waals surface area (Å²) in [5.41, 5.74) is 4.53. The first-order chi connectivity index (χ1) is 14.2. The van der Waals surface area contributed by atoms with Crippen LogP contribution in [0, 0.1) is 6.92 Å². The van der Waals surface area contributed by atoms with Gasteiger partial charge in [0.2, 0.25) is 0 Å². The van der Waals surface area contributed by atoms with Crippen molar-refractivity contribution in [3.63, 3.8) is 0 Å². The molecule has 1 aliphatic heterocycles. The summed E-state index contributed by atoms with van der Waals surface area (Å²) in [5, 5.41) is 14.6. The third-order valence-electron chi connectivity index (χ3n) is 5.86. The smallest absolute Gasteiger partial charge is 0.124 e. The summed E-state index contributed by atoms with van der Waals surface area (Å²) in [4.78, 5) is 1.26. The first-order valence-electron chi connectivity index (χ1n) is 11.5. The molecule has 2 nitrogen and oxygen atoms in total. The number of para-hydroxylation sites is 1. The Morgan fingerprint density at radius 1 is 0.897 bits per heavy atom. The lowest BCUT2D eigenvalue weighted by atomic mass is 9.98. The van der Waals surface area contributed by atoms with Gasteiger partial charge in [0.15, 0.2) is 0 Å². The summed E-state index contributed by atoms with van der Waals surface area (Å²) in [6, 6.07) is 12.7. The number of aryl methyl sites for hydroxylation is 2. The molecule has 3 rings (SSSR count). The molecule has 0 bridgehead atoms. The lowest BCUT2D eigenvalue weighted by Crippen LogP contribution is -2.04. The second-order valence-electron chi connectivity index (χ2n) is 8.43. The Kier molecular flexibility index (Phi) is 8.79. The van der Waals surface area contributed by atoms with Crippen LogP contribution in [0.3, 0.4) is 0 Å². The van der Waals surface area contributed by atoms with Crippen LogP contribution in [0.15, 0.2) is 41.3 Å². The van der Waals surface area contributed by atoms with Crippen molar-refractivity contribution in [3.05, 3.63) is 53.1 Å². The van der Waals surface area contributed by atoms with Crippen molar-refractivity contribution in [1.29, 1.82) is 0 Å². The van der Waals surface area contributed by atoms with E-state index >= 15 is 0 Å². The summed E-state index contributed by atoms with van der Waals surface area (Å²) in [6.07, 6.45) is 14.4. The van der Waals surface area contributed by atoms with Crippen molar-refractivity contribution < 1.29 is 5.11 Å². The largest absolute Gasteiger partial charge is 0.507 e. The zero-order valence-corrected chi connectivity index (χ0v) is 19.0. The lowest BCUT2D eigenvalue weighted by molar-refractivity contribution is 0.459. The van der Waals surface area contributed by atoms with E-state index in [4.69, 9.17) is 0 Å². The Labute approximate surface area is 181 Å². The van der Waals surface area contributed by atoms with Crippen LogP contribution in [0.4, 0.5) is 5.69 Å². The van der Waals surface area contributed by atoms with Gasteiger partial charge in [-0.3, -0.25) is 0 Å².